The van der Waals surface area contributed by atoms with Gasteiger partial charge in [0.2, 0.25) is 0 Å². The Balaban J connectivity index is 1.48. The first kappa shape index (κ1) is 15.5. The third-order valence-corrected chi connectivity index (χ3v) is 6.59. The number of nitrogens with zero attached hydrogens (tertiary/aromatic N) is 2. The summed E-state index contributed by atoms with van der Waals surface area (Å²) in [5.41, 5.74) is 2.61. The molecule has 1 unspecified atom stereocenters. The Morgan fingerprint density at radius 1 is 1.09 bits per heavy atom. The third kappa shape index (κ3) is 3.57. The van der Waals surface area contributed by atoms with Crippen LogP contribution in [0.1, 0.15) is 30.4 Å². The predicted molar refractivity (Wildman–Crippen MR) is 99.6 cm³/mol. The van der Waals surface area contributed by atoms with Crippen LogP contribution in [-0.4, -0.2) is 36.2 Å². The Kier molecular flexibility index (Phi) is 4.88. The third-order valence-electron chi connectivity index (χ3n) is 4.51. The van der Waals surface area contributed by atoms with E-state index in [2.05, 4.69) is 34.1 Å². The maximum Gasteiger partial charge on any atom is 0.122 e. The molecule has 2 aromatic rings. The van der Waals surface area contributed by atoms with E-state index in [1.54, 1.807) is 11.3 Å². The van der Waals surface area contributed by atoms with Crippen molar-refractivity contribution in [3.8, 4) is 10.4 Å². The second-order valence-electron chi connectivity index (χ2n) is 6.06. The van der Waals surface area contributed by atoms with Gasteiger partial charge in [-0.05, 0) is 37.0 Å². The van der Waals surface area contributed by atoms with Gasteiger partial charge in [-0.1, -0.05) is 12.1 Å². The molecule has 122 valence electrons. The number of hydrogen-bond acceptors (Lipinski definition) is 5. The molecule has 2 fully saturated rings. The van der Waals surface area contributed by atoms with Gasteiger partial charge in [-0.25, -0.2) is 4.98 Å². The fourth-order valence-electron chi connectivity index (χ4n) is 3.16. The van der Waals surface area contributed by atoms with Gasteiger partial charge in [0.1, 0.15) is 11.1 Å². The van der Waals surface area contributed by atoms with Crippen molar-refractivity contribution in [2.24, 2.45) is 0 Å². The minimum absolute atomic E-state index is 0.215. The van der Waals surface area contributed by atoms with Gasteiger partial charge in [0.05, 0.1) is 4.88 Å². The first-order valence-corrected chi connectivity index (χ1v) is 10.4. The zero-order chi connectivity index (χ0) is 15.5. The Bertz CT molecular complexity index is 629. The number of ether oxygens (including phenoxy) is 1. The minimum atomic E-state index is 0.215. The molecule has 0 spiro atoms. The Morgan fingerprint density at radius 3 is 2.65 bits per heavy atom. The zero-order valence-electron chi connectivity index (χ0n) is 13.2. The molecule has 0 saturated carbocycles. The molecule has 2 aliphatic rings. The summed E-state index contributed by atoms with van der Waals surface area (Å²) in [6, 6.07) is 8.97. The van der Waals surface area contributed by atoms with Gasteiger partial charge in [0.25, 0.3) is 0 Å². The van der Waals surface area contributed by atoms with Crippen LogP contribution in [0.25, 0.3) is 10.4 Å². The minimum Gasteiger partial charge on any atom is -0.371 e. The van der Waals surface area contributed by atoms with Crippen molar-refractivity contribution in [2.45, 2.75) is 25.4 Å². The molecule has 5 heteroatoms. The van der Waals surface area contributed by atoms with Crippen LogP contribution in [0.3, 0.4) is 0 Å². The summed E-state index contributed by atoms with van der Waals surface area (Å²) >= 11 is 3.83. The summed E-state index contributed by atoms with van der Waals surface area (Å²) in [4.78, 5) is 8.33. The van der Waals surface area contributed by atoms with Crippen LogP contribution >= 0.6 is 23.1 Å². The van der Waals surface area contributed by atoms with Crippen LogP contribution in [0, 0.1) is 0 Å². The maximum atomic E-state index is 5.85. The smallest absolute Gasteiger partial charge is 0.122 e. The number of benzene rings is 1. The largest absolute Gasteiger partial charge is 0.371 e. The van der Waals surface area contributed by atoms with Crippen molar-refractivity contribution in [3.63, 3.8) is 0 Å². The summed E-state index contributed by atoms with van der Waals surface area (Å²) in [5, 5.41) is 1.14. The SMILES string of the molecule is c1cc(N2CCSCC2)ccc1-c1cnc(C2CCCCO2)s1. The Labute approximate surface area is 146 Å². The second kappa shape index (κ2) is 7.24. The molecule has 23 heavy (non-hydrogen) atoms. The first-order chi connectivity index (χ1) is 11.4. The van der Waals surface area contributed by atoms with Crippen molar-refractivity contribution < 1.29 is 4.74 Å². The van der Waals surface area contributed by atoms with E-state index in [-0.39, 0.29) is 6.10 Å². The molecule has 0 N–H and O–H groups in total. The van der Waals surface area contributed by atoms with Crippen LogP contribution in [0.2, 0.25) is 0 Å². The first-order valence-electron chi connectivity index (χ1n) is 8.40. The molecular weight excluding hydrogens is 324 g/mol. The van der Waals surface area contributed by atoms with Crippen LogP contribution in [0.4, 0.5) is 5.69 Å². The number of rotatable bonds is 3. The monoisotopic (exact) mass is 346 g/mol. The van der Waals surface area contributed by atoms with E-state index in [9.17, 15) is 0 Å². The Hall–Kier alpha value is -1.04. The standard InChI is InChI=1S/C18H22N2OS2/c1-2-10-21-16(3-1)18-19-13-17(23-18)14-4-6-15(7-5-14)20-8-11-22-12-9-20/h4-7,13,16H,1-3,8-12H2. The topological polar surface area (TPSA) is 25.4 Å². The van der Waals surface area contributed by atoms with Crippen molar-refractivity contribution in [3.05, 3.63) is 35.5 Å². The molecule has 2 saturated heterocycles. The van der Waals surface area contributed by atoms with Gasteiger partial charge in [-0.3, -0.25) is 0 Å². The maximum absolute atomic E-state index is 5.85. The molecule has 1 aromatic heterocycles. The fourth-order valence-corrected chi connectivity index (χ4v) is 5.07. The van der Waals surface area contributed by atoms with Crippen molar-refractivity contribution >= 4 is 28.8 Å². The van der Waals surface area contributed by atoms with Gasteiger partial charge in [-0.2, -0.15) is 11.8 Å². The summed E-state index contributed by atoms with van der Waals surface area (Å²) in [6.07, 6.45) is 5.77. The van der Waals surface area contributed by atoms with E-state index in [0.717, 1.165) is 31.1 Å². The zero-order valence-corrected chi connectivity index (χ0v) is 14.9. The number of hydrogen-bond donors (Lipinski definition) is 0. The quantitative estimate of drug-likeness (QED) is 0.811. The number of anilines is 1. The van der Waals surface area contributed by atoms with Crippen molar-refractivity contribution in [1.29, 1.82) is 0 Å². The summed E-state index contributed by atoms with van der Waals surface area (Å²) in [6.45, 7) is 3.20. The van der Waals surface area contributed by atoms with E-state index < -0.39 is 0 Å². The van der Waals surface area contributed by atoms with Gasteiger partial charge in [0, 0.05) is 43.1 Å². The van der Waals surface area contributed by atoms with Crippen molar-refractivity contribution in [2.75, 3.05) is 36.1 Å². The summed E-state index contributed by atoms with van der Waals surface area (Å²) < 4.78 is 5.85. The normalized spacial score (nSPS) is 22.3. The molecule has 4 rings (SSSR count). The number of thiazole rings is 1. The average Bonchev–Trinajstić information content (AvgIpc) is 3.14. The molecule has 0 amide bonds. The lowest BCUT2D eigenvalue weighted by Gasteiger charge is -2.28. The lowest BCUT2D eigenvalue weighted by Crippen LogP contribution is -2.32. The van der Waals surface area contributed by atoms with Gasteiger partial charge >= 0.3 is 0 Å². The Morgan fingerprint density at radius 2 is 1.91 bits per heavy atom. The molecule has 3 nitrogen and oxygen atoms in total. The molecule has 3 heterocycles. The van der Waals surface area contributed by atoms with E-state index in [4.69, 9.17) is 4.74 Å². The molecule has 0 radical (unpaired) electrons. The number of aromatic nitrogens is 1. The summed E-state index contributed by atoms with van der Waals surface area (Å²) in [7, 11) is 0. The predicted octanol–water partition coefficient (Wildman–Crippen LogP) is 4.60. The molecule has 2 aliphatic heterocycles. The molecule has 1 atom stereocenters. The fraction of sp³-hybridized carbons (Fsp3) is 0.500. The van der Waals surface area contributed by atoms with E-state index in [1.165, 1.54) is 40.5 Å². The average molecular weight is 347 g/mol. The number of thioether (sulfide) groups is 1. The van der Waals surface area contributed by atoms with E-state index >= 15 is 0 Å². The highest BCUT2D eigenvalue weighted by Gasteiger charge is 2.19. The van der Waals surface area contributed by atoms with Crippen LogP contribution in [-0.2, 0) is 4.74 Å². The lowest BCUT2D eigenvalue weighted by atomic mass is 10.1. The molecule has 0 aliphatic carbocycles. The highest BCUT2D eigenvalue weighted by atomic mass is 32.2. The summed E-state index contributed by atoms with van der Waals surface area (Å²) in [5.74, 6) is 2.47. The molecular formula is C18H22N2OS2. The van der Waals surface area contributed by atoms with Crippen molar-refractivity contribution in [1.82, 2.24) is 4.98 Å². The van der Waals surface area contributed by atoms with Gasteiger partial charge < -0.3 is 9.64 Å². The van der Waals surface area contributed by atoms with Crippen LogP contribution < -0.4 is 4.90 Å². The van der Waals surface area contributed by atoms with Gasteiger partial charge in [-0.15, -0.1) is 11.3 Å². The highest BCUT2D eigenvalue weighted by molar-refractivity contribution is 7.99. The molecule has 1 aromatic carbocycles. The second-order valence-corrected chi connectivity index (χ2v) is 8.35. The van der Waals surface area contributed by atoms with Crippen LogP contribution in [0.5, 0.6) is 0 Å². The molecule has 0 bridgehead atoms. The van der Waals surface area contributed by atoms with Crippen LogP contribution in [0.15, 0.2) is 30.5 Å². The van der Waals surface area contributed by atoms with Gasteiger partial charge in [0.15, 0.2) is 0 Å². The highest BCUT2D eigenvalue weighted by Crippen LogP contribution is 2.35. The lowest BCUT2D eigenvalue weighted by molar-refractivity contribution is 0.0148. The van der Waals surface area contributed by atoms with E-state index in [1.807, 2.05) is 18.0 Å². The van der Waals surface area contributed by atoms with E-state index in [0.29, 0.717) is 0 Å².